The molecular weight excluding hydrogens is 463 g/mol. The van der Waals surface area contributed by atoms with Crippen LogP contribution in [0.15, 0.2) is 72.8 Å². The van der Waals surface area contributed by atoms with Gasteiger partial charge in [0.15, 0.2) is 0 Å². The number of hydrogen-bond acceptors (Lipinski definition) is 0. The van der Waals surface area contributed by atoms with E-state index in [0.29, 0.717) is 13.3 Å². The van der Waals surface area contributed by atoms with E-state index in [2.05, 4.69) is 0 Å². The Labute approximate surface area is 159 Å². The van der Waals surface area contributed by atoms with E-state index < -0.39 is 17.3 Å². The van der Waals surface area contributed by atoms with Gasteiger partial charge in [-0.3, -0.25) is 0 Å². The van der Waals surface area contributed by atoms with E-state index in [4.69, 9.17) is 8.92 Å². The summed E-state index contributed by atoms with van der Waals surface area (Å²) in [4.78, 5) is 0. The minimum atomic E-state index is -3.45. The molecule has 0 aliphatic heterocycles. The molecule has 3 aromatic rings. The Bertz CT molecular complexity index is 782. The van der Waals surface area contributed by atoms with E-state index in [1.54, 1.807) is 18.2 Å². The van der Waals surface area contributed by atoms with Crippen LogP contribution < -0.4 is 0 Å². The minimum absolute atomic E-state index is 0.302. The zero-order valence-electron chi connectivity index (χ0n) is 14.1. The van der Waals surface area contributed by atoms with Crippen molar-refractivity contribution in [3.63, 3.8) is 0 Å². The second kappa shape index (κ2) is 8.49. The first-order valence-corrected chi connectivity index (χ1v) is 18.0. The van der Waals surface area contributed by atoms with Crippen molar-refractivity contribution >= 4 is 26.2 Å². The van der Waals surface area contributed by atoms with Crippen molar-refractivity contribution in [2.24, 2.45) is 0 Å². The molecule has 26 heavy (non-hydrogen) atoms. The van der Waals surface area contributed by atoms with Gasteiger partial charge in [0.2, 0.25) is 0 Å². The standard InChI is InChI=1S/3C7H6F.ClH.Sn/c3*1-6-3-2-4-7(8)5-6;;/h3*2-5H,1H2;1H;/q;;;;+1/p-1. The molecule has 0 saturated heterocycles. The molecule has 0 aromatic heterocycles. The Hall–Kier alpha value is -1.46. The Morgan fingerprint density at radius 3 is 1.15 bits per heavy atom. The van der Waals surface area contributed by atoms with Gasteiger partial charge in [0.25, 0.3) is 0 Å². The fourth-order valence-electron chi connectivity index (χ4n) is 3.23. The molecule has 0 aliphatic carbocycles. The second-order valence-corrected chi connectivity index (χ2v) is 21.5. The maximum absolute atomic E-state index is 13.6. The molecule has 0 heterocycles. The molecule has 3 rings (SSSR count). The SMILES string of the molecule is Fc1cccc([CH2][Sn]([Cl])([CH2]c2cccc(F)c2)[CH2]c2cccc(F)c2)c1. The molecule has 0 bridgehead atoms. The van der Waals surface area contributed by atoms with E-state index in [0.717, 1.165) is 16.7 Å². The molecule has 0 fully saturated rings. The Morgan fingerprint density at radius 1 is 0.577 bits per heavy atom. The number of hydrogen-bond donors (Lipinski definition) is 0. The molecule has 0 nitrogen and oxygen atoms in total. The first-order chi connectivity index (χ1) is 12.4. The van der Waals surface area contributed by atoms with Gasteiger partial charge in [0, 0.05) is 0 Å². The van der Waals surface area contributed by atoms with Gasteiger partial charge < -0.3 is 0 Å². The Balaban J connectivity index is 1.91. The third kappa shape index (κ3) is 5.52. The summed E-state index contributed by atoms with van der Waals surface area (Å²) in [6.45, 7) is 0. The van der Waals surface area contributed by atoms with Gasteiger partial charge in [-0.1, -0.05) is 0 Å². The van der Waals surface area contributed by atoms with Gasteiger partial charge in [0.1, 0.15) is 0 Å². The molecule has 0 atom stereocenters. The average Bonchev–Trinajstić information content (AvgIpc) is 2.54. The van der Waals surface area contributed by atoms with Crippen molar-refractivity contribution in [2.45, 2.75) is 13.3 Å². The van der Waals surface area contributed by atoms with Crippen LogP contribution in [0, 0.1) is 17.5 Å². The second-order valence-electron chi connectivity index (χ2n) is 6.57. The predicted molar refractivity (Wildman–Crippen MR) is 102 cm³/mol. The van der Waals surface area contributed by atoms with E-state index in [1.807, 2.05) is 18.2 Å². The van der Waals surface area contributed by atoms with Crippen molar-refractivity contribution in [1.29, 1.82) is 0 Å². The van der Waals surface area contributed by atoms with Crippen LogP contribution in [0.4, 0.5) is 13.2 Å². The summed E-state index contributed by atoms with van der Waals surface area (Å²) in [6, 6.07) is 19.2. The zero-order valence-corrected chi connectivity index (χ0v) is 17.7. The van der Waals surface area contributed by atoms with E-state index in [9.17, 15) is 13.2 Å². The van der Waals surface area contributed by atoms with Crippen LogP contribution in [0.1, 0.15) is 16.7 Å². The van der Waals surface area contributed by atoms with Crippen LogP contribution in [0.3, 0.4) is 0 Å². The summed E-state index contributed by atoms with van der Waals surface area (Å²) in [5.74, 6) is -0.905. The van der Waals surface area contributed by atoms with Crippen molar-refractivity contribution in [3.05, 3.63) is 107 Å². The first-order valence-electron chi connectivity index (χ1n) is 8.34. The van der Waals surface area contributed by atoms with E-state index in [-0.39, 0.29) is 17.5 Å². The first kappa shape index (κ1) is 19.3. The van der Waals surface area contributed by atoms with Crippen LogP contribution in [0.25, 0.3) is 0 Å². The van der Waals surface area contributed by atoms with Crippen LogP contribution in [-0.4, -0.2) is 17.3 Å². The molecule has 3 aromatic carbocycles. The van der Waals surface area contributed by atoms with Crippen LogP contribution in [0.5, 0.6) is 0 Å². The Kier molecular flexibility index (Phi) is 6.30. The third-order valence-electron chi connectivity index (χ3n) is 4.23. The van der Waals surface area contributed by atoms with Crippen molar-refractivity contribution < 1.29 is 13.2 Å². The molecule has 0 aliphatic rings. The van der Waals surface area contributed by atoms with E-state index in [1.165, 1.54) is 36.4 Å². The van der Waals surface area contributed by atoms with Gasteiger partial charge in [-0.15, -0.1) is 0 Å². The molecule has 0 amide bonds. The average molecular weight is 482 g/mol. The molecule has 0 unspecified atom stereocenters. The zero-order chi connectivity index (χ0) is 18.6. The number of benzene rings is 3. The van der Waals surface area contributed by atoms with Gasteiger partial charge >= 0.3 is 160 Å². The van der Waals surface area contributed by atoms with E-state index >= 15 is 0 Å². The predicted octanol–water partition coefficient (Wildman–Crippen LogP) is 5.93. The summed E-state index contributed by atoms with van der Waals surface area (Å²) >= 11 is -3.45. The van der Waals surface area contributed by atoms with Crippen LogP contribution >= 0.6 is 8.92 Å². The quantitative estimate of drug-likeness (QED) is 0.383. The molecule has 0 radical (unpaired) electrons. The monoisotopic (exact) mass is 482 g/mol. The summed E-state index contributed by atoms with van der Waals surface area (Å²) in [5.41, 5.74) is 2.51. The molecule has 0 N–H and O–H groups in total. The van der Waals surface area contributed by atoms with Gasteiger partial charge in [-0.05, 0) is 0 Å². The molecule has 0 saturated carbocycles. The Morgan fingerprint density at radius 2 is 0.885 bits per heavy atom. The molecule has 0 spiro atoms. The van der Waals surface area contributed by atoms with Crippen molar-refractivity contribution in [1.82, 2.24) is 0 Å². The van der Waals surface area contributed by atoms with Crippen molar-refractivity contribution in [3.8, 4) is 0 Å². The van der Waals surface area contributed by atoms with Gasteiger partial charge in [-0.25, -0.2) is 0 Å². The molecule has 134 valence electrons. The molecule has 5 heteroatoms. The summed E-state index contributed by atoms with van der Waals surface area (Å²) in [5, 5.41) is 0. The fourth-order valence-corrected chi connectivity index (χ4v) is 15.5. The summed E-state index contributed by atoms with van der Waals surface area (Å²) in [6.07, 6.45) is 0. The van der Waals surface area contributed by atoms with Crippen molar-refractivity contribution in [2.75, 3.05) is 0 Å². The molecular formula is C21H18ClF3Sn. The number of halogens is 4. The maximum atomic E-state index is 13.6. The van der Waals surface area contributed by atoms with Crippen LogP contribution in [0.2, 0.25) is 0 Å². The number of rotatable bonds is 6. The van der Waals surface area contributed by atoms with Gasteiger partial charge in [-0.2, -0.15) is 0 Å². The van der Waals surface area contributed by atoms with Crippen LogP contribution in [-0.2, 0) is 13.3 Å². The fraction of sp³-hybridized carbons (Fsp3) is 0.143. The summed E-state index contributed by atoms with van der Waals surface area (Å²) < 4.78 is 42.5. The topological polar surface area (TPSA) is 0 Å². The van der Waals surface area contributed by atoms with Gasteiger partial charge in [0.05, 0.1) is 0 Å². The summed E-state index contributed by atoms with van der Waals surface area (Å²) in [7, 11) is 7.14. The normalized spacial score (nSPS) is 11.5. The third-order valence-corrected chi connectivity index (χ3v) is 15.8.